The lowest BCUT2D eigenvalue weighted by Gasteiger charge is -2.27. The van der Waals surface area contributed by atoms with Crippen molar-refractivity contribution in [1.82, 2.24) is 0 Å². The van der Waals surface area contributed by atoms with Crippen molar-refractivity contribution in [1.29, 1.82) is 0 Å². The summed E-state index contributed by atoms with van der Waals surface area (Å²) in [6, 6.07) is 8.00. The maximum atomic E-state index is 10.7. The molecular formula is C13H16BrNO2. The van der Waals surface area contributed by atoms with E-state index in [1.165, 1.54) is 5.56 Å². The third-order valence-electron chi connectivity index (χ3n) is 3.38. The predicted octanol–water partition coefficient (Wildman–Crippen LogP) is 0.0835. The summed E-state index contributed by atoms with van der Waals surface area (Å²) in [6.07, 6.45) is 2.73. The van der Waals surface area contributed by atoms with E-state index in [0.29, 0.717) is 5.92 Å². The van der Waals surface area contributed by atoms with Gasteiger partial charge in [0, 0.05) is 16.8 Å². The topological polar surface area (TPSA) is 56.7 Å². The van der Waals surface area contributed by atoms with Gasteiger partial charge >= 0.3 is 0 Å². The number of hydrogen-bond donors (Lipinski definition) is 1. The molecule has 4 heteroatoms. The van der Waals surface area contributed by atoms with Gasteiger partial charge in [-0.2, -0.15) is 0 Å². The van der Waals surface area contributed by atoms with E-state index in [4.69, 9.17) is 0 Å². The van der Waals surface area contributed by atoms with E-state index in [9.17, 15) is 9.90 Å². The molecule has 1 aromatic carbocycles. The standard InChI is InChI=1S/C13H16BrNO2/c14-11-4-1-9(2-5-11)7-10-3-6-12(13(16)17)15-8-10/h1-2,4-5,10,12,15H,3,6-8H2,(H,16,17)/t10-,12+/m0/s1. The number of rotatable bonds is 3. The smallest absolute Gasteiger partial charge is 0.126 e. The molecule has 0 radical (unpaired) electrons. The van der Waals surface area contributed by atoms with Gasteiger partial charge in [0.15, 0.2) is 0 Å². The Labute approximate surface area is 109 Å². The highest BCUT2D eigenvalue weighted by Gasteiger charge is 2.24. The zero-order valence-corrected chi connectivity index (χ0v) is 11.2. The summed E-state index contributed by atoms with van der Waals surface area (Å²) in [5.41, 5.74) is 1.32. The van der Waals surface area contributed by atoms with Crippen molar-refractivity contribution in [2.45, 2.75) is 25.3 Å². The molecule has 3 nitrogen and oxygen atoms in total. The van der Waals surface area contributed by atoms with Crippen LogP contribution in [0, 0.1) is 5.92 Å². The van der Waals surface area contributed by atoms with Crippen LogP contribution >= 0.6 is 15.9 Å². The van der Waals surface area contributed by atoms with Crippen LogP contribution < -0.4 is 10.4 Å². The molecule has 1 fully saturated rings. The summed E-state index contributed by atoms with van der Waals surface area (Å²) < 4.78 is 1.09. The molecule has 0 bridgehead atoms. The zero-order valence-electron chi connectivity index (χ0n) is 9.56. The van der Waals surface area contributed by atoms with Crippen molar-refractivity contribution in [2.75, 3.05) is 6.54 Å². The molecule has 1 aromatic rings. The first-order valence-electron chi connectivity index (χ1n) is 5.94. The number of hydrogen-bond acceptors (Lipinski definition) is 2. The Balaban J connectivity index is 1.85. The van der Waals surface area contributed by atoms with Crippen LogP contribution in [-0.2, 0) is 11.2 Å². The van der Waals surface area contributed by atoms with Gasteiger partial charge in [-0.1, -0.05) is 28.1 Å². The first-order valence-corrected chi connectivity index (χ1v) is 6.73. The number of quaternary nitrogens is 1. The van der Waals surface area contributed by atoms with E-state index in [-0.39, 0.29) is 6.04 Å². The lowest BCUT2D eigenvalue weighted by Crippen LogP contribution is -2.95. The summed E-state index contributed by atoms with van der Waals surface area (Å²) in [4.78, 5) is 10.7. The van der Waals surface area contributed by atoms with Crippen LogP contribution in [0.15, 0.2) is 28.7 Å². The second-order valence-electron chi connectivity index (χ2n) is 4.67. The van der Waals surface area contributed by atoms with Crippen molar-refractivity contribution < 1.29 is 15.2 Å². The summed E-state index contributed by atoms with van der Waals surface area (Å²) >= 11 is 3.42. The molecular weight excluding hydrogens is 282 g/mol. The summed E-state index contributed by atoms with van der Waals surface area (Å²) in [5.74, 6) is -0.348. The number of aliphatic carboxylic acids is 1. The molecule has 1 heterocycles. The van der Waals surface area contributed by atoms with Crippen LogP contribution in [0.1, 0.15) is 18.4 Å². The first kappa shape index (κ1) is 12.6. The molecule has 0 aromatic heterocycles. The Morgan fingerprint density at radius 1 is 1.35 bits per heavy atom. The predicted molar refractivity (Wildman–Crippen MR) is 66.2 cm³/mol. The average Bonchev–Trinajstić information content (AvgIpc) is 2.33. The van der Waals surface area contributed by atoms with Crippen LogP contribution in [0.25, 0.3) is 0 Å². The number of piperidine rings is 1. The highest BCUT2D eigenvalue weighted by atomic mass is 79.9. The molecule has 1 aliphatic rings. The van der Waals surface area contributed by atoms with Gasteiger partial charge in [-0.15, -0.1) is 0 Å². The van der Waals surface area contributed by atoms with Crippen LogP contribution in [0.3, 0.4) is 0 Å². The van der Waals surface area contributed by atoms with E-state index in [2.05, 4.69) is 28.1 Å². The van der Waals surface area contributed by atoms with Crippen LogP contribution in [0.5, 0.6) is 0 Å². The van der Waals surface area contributed by atoms with E-state index in [1.54, 1.807) is 0 Å². The molecule has 2 N–H and O–H groups in total. The van der Waals surface area contributed by atoms with Gasteiger partial charge in [-0.25, -0.2) is 0 Å². The molecule has 2 rings (SSSR count). The Kier molecular flexibility index (Phi) is 4.18. The van der Waals surface area contributed by atoms with Crippen molar-refractivity contribution in [3.63, 3.8) is 0 Å². The molecule has 0 amide bonds. The zero-order chi connectivity index (χ0) is 12.3. The molecule has 0 unspecified atom stereocenters. The van der Waals surface area contributed by atoms with Crippen molar-refractivity contribution in [3.05, 3.63) is 34.3 Å². The molecule has 1 aliphatic heterocycles. The second kappa shape index (κ2) is 5.65. The average molecular weight is 298 g/mol. The van der Waals surface area contributed by atoms with Gasteiger partial charge in [0.2, 0.25) is 0 Å². The fraction of sp³-hybridized carbons (Fsp3) is 0.462. The Hall–Kier alpha value is -0.870. The molecule has 0 aliphatic carbocycles. The van der Waals surface area contributed by atoms with E-state index in [1.807, 2.05) is 17.4 Å². The largest absolute Gasteiger partial charge is 0.544 e. The number of carboxylic acids is 1. The Bertz CT molecular complexity index is 383. The van der Waals surface area contributed by atoms with E-state index < -0.39 is 5.97 Å². The van der Waals surface area contributed by atoms with Gasteiger partial charge in [-0.05, 0) is 30.5 Å². The molecule has 17 heavy (non-hydrogen) atoms. The summed E-state index contributed by atoms with van der Waals surface area (Å²) in [7, 11) is 0. The maximum absolute atomic E-state index is 10.7. The minimum Gasteiger partial charge on any atom is -0.544 e. The molecule has 0 saturated carbocycles. The second-order valence-corrected chi connectivity index (χ2v) is 5.59. The van der Waals surface area contributed by atoms with Gasteiger partial charge in [0.25, 0.3) is 0 Å². The number of carboxylic acid groups (broad SMARTS) is 1. The summed E-state index contributed by atoms with van der Waals surface area (Å²) in [6.45, 7) is 0.884. The minimum absolute atomic E-state index is 0.337. The van der Waals surface area contributed by atoms with Gasteiger partial charge in [0.05, 0.1) is 12.5 Å². The number of carbonyl (C=O) groups excluding carboxylic acids is 1. The number of benzene rings is 1. The normalized spacial score (nSPS) is 24.5. The first-order chi connectivity index (χ1) is 8.15. The Morgan fingerprint density at radius 2 is 2.06 bits per heavy atom. The number of carbonyl (C=O) groups is 1. The highest BCUT2D eigenvalue weighted by molar-refractivity contribution is 9.10. The number of nitrogens with two attached hydrogens (primary N) is 1. The summed E-state index contributed by atoms with van der Waals surface area (Å²) in [5, 5.41) is 12.6. The van der Waals surface area contributed by atoms with Crippen LogP contribution in [0.4, 0.5) is 0 Å². The minimum atomic E-state index is -0.924. The molecule has 2 atom stereocenters. The van der Waals surface area contributed by atoms with Gasteiger partial charge in [-0.3, -0.25) is 0 Å². The Morgan fingerprint density at radius 3 is 2.59 bits per heavy atom. The van der Waals surface area contributed by atoms with E-state index >= 15 is 0 Å². The van der Waals surface area contributed by atoms with Crippen LogP contribution in [0.2, 0.25) is 0 Å². The highest BCUT2D eigenvalue weighted by Crippen LogP contribution is 2.18. The third kappa shape index (κ3) is 3.54. The van der Waals surface area contributed by atoms with Gasteiger partial charge < -0.3 is 15.2 Å². The fourth-order valence-corrected chi connectivity index (χ4v) is 2.63. The van der Waals surface area contributed by atoms with E-state index in [0.717, 1.165) is 30.3 Å². The fourth-order valence-electron chi connectivity index (χ4n) is 2.36. The third-order valence-corrected chi connectivity index (χ3v) is 3.91. The van der Waals surface area contributed by atoms with Crippen LogP contribution in [-0.4, -0.2) is 18.6 Å². The maximum Gasteiger partial charge on any atom is 0.126 e. The molecule has 1 saturated heterocycles. The van der Waals surface area contributed by atoms with Gasteiger partial charge in [0.1, 0.15) is 6.04 Å². The molecule has 0 spiro atoms. The lowest BCUT2D eigenvalue weighted by atomic mass is 9.89. The monoisotopic (exact) mass is 297 g/mol. The van der Waals surface area contributed by atoms with Crippen molar-refractivity contribution >= 4 is 21.9 Å². The molecule has 92 valence electrons. The quantitative estimate of drug-likeness (QED) is 0.859. The number of halogens is 1. The van der Waals surface area contributed by atoms with Crippen molar-refractivity contribution in [2.24, 2.45) is 5.92 Å². The lowest BCUT2D eigenvalue weighted by molar-refractivity contribution is -0.697. The van der Waals surface area contributed by atoms with Crippen molar-refractivity contribution in [3.8, 4) is 0 Å². The SMILES string of the molecule is O=C([O-])[C@H]1CC[C@@H](Cc2ccc(Br)cc2)C[NH2+]1.